The highest BCUT2D eigenvalue weighted by Crippen LogP contribution is 2.52. The molecule has 0 aliphatic heterocycles. The molecule has 3 heteroatoms. The minimum absolute atomic E-state index is 0.0604. The Morgan fingerprint density at radius 2 is 1.04 bits per heavy atom. The maximum atomic E-state index is 5.15. The van der Waals surface area contributed by atoms with E-state index in [0.717, 1.165) is 39.2 Å². The number of fused-ring (bicyclic) bond motifs is 5. The highest BCUT2D eigenvalue weighted by molar-refractivity contribution is 6.03. The zero-order valence-corrected chi connectivity index (χ0v) is 27.4. The van der Waals surface area contributed by atoms with E-state index in [1.54, 1.807) is 0 Å². The van der Waals surface area contributed by atoms with Crippen molar-refractivity contribution in [3.05, 3.63) is 175 Å². The average molecular weight is 628 g/mol. The first-order chi connectivity index (χ1) is 24.0. The summed E-state index contributed by atoms with van der Waals surface area (Å²) in [6, 6.07) is 54.1. The molecule has 3 nitrogen and oxygen atoms in total. The summed E-state index contributed by atoms with van der Waals surface area (Å²) in [6.45, 7) is 4.68. The van der Waals surface area contributed by atoms with Crippen LogP contribution >= 0.6 is 0 Å². The number of aromatic nitrogens is 3. The van der Waals surface area contributed by atoms with E-state index in [2.05, 4.69) is 152 Å². The van der Waals surface area contributed by atoms with Crippen molar-refractivity contribution >= 4 is 10.8 Å². The van der Waals surface area contributed by atoms with Crippen LogP contribution in [-0.4, -0.2) is 15.0 Å². The summed E-state index contributed by atoms with van der Waals surface area (Å²) < 4.78 is 0. The standard InChI is InChI=1S/C46H33N3/c1-46(2)40-21-20-36(28-39(40)44-38-14-7-6-11-32(38)19-22-41(44)46)35-12-8-13-37(27-35)43-29-42(33-23-25-47-26-24-33)48-45(49-43)34-17-15-31(16-18-34)30-9-4-3-5-10-30/h3-29H,1-2H3. The molecule has 49 heavy (non-hydrogen) atoms. The van der Waals surface area contributed by atoms with Crippen molar-refractivity contribution in [2.75, 3.05) is 0 Å². The zero-order valence-electron chi connectivity index (χ0n) is 27.4. The van der Waals surface area contributed by atoms with E-state index in [4.69, 9.17) is 9.97 Å². The van der Waals surface area contributed by atoms with Crippen molar-refractivity contribution in [1.29, 1.82) is 0 Å². The molecule has 1 aliphatic carbocycles. The molecule has 0 fully saturated rings. The molecule has 0 amide bonds. The number of pyridine rings is 1. The molecular formula is C46H33N3. The van der Waals surface area contributed by atoms with Gasteiger partial charge in [0.2, 0.25) is 0 Å². The van der Waals surface area contributed by atoms with Gasteiger partial charge in [0, 0.05) is 34.5 Å². The fourth-order valence-electron chi connectivity index (χ4n) is 7.40. The molecular weight excluding hydrogens is 595 g/mol. The van der Waals surface area contributed by atoms with Gasteiger partial charge in [0.25, 0.3) is 0 Å². The lowest BCUT2D eigenvalue weighted by Crippen LogP contribution is -2.14. The second-order valence-corrected chi connectivity index (χ2v) is 13.3. The van der Waals surface area contributed by atoms with Gasteiger partial charge < -0.3 is 0 Å². The number of hydrogen-bond donors (Lipinski definition) is 0. The lowest BCUT2D eigenvalue weighted by atomic mass is 9.82. The number of benzene rings is 6. The van der Waals surface area contributed by atoms with E-state index in [9.17, 15) is 0 Å². The van der Waals surface area contributed by atoms with E-state index in [1.165, 1.54) is 44.2 Å². The first-order valence-electron chi connectivity index (χ1n) is 16.8. The van der Waals surface area contributed by atoms with Crippen LogP contribution in [-0.2, 0) is 5.41 Å². The van der Waals surface area contributed by atoms with Gasteiger partial charge in [-0.3, -0.25) is 4.98 Å². The summed E-state index contributed by atoms with van der Waals surface area (Å²) in [7, 11) is 0. The van der Waals surface area contributed by atoms with E-state index >= 15 is 0 Å². The number of hydrogen-bond acceptors (Lipinski definition) is 3. The molecule has 0 bridgehead atoms. The maximum Gasteiger partial charge on any atom is 0.160 e. The third-order valence-corrected chi connectivity index (χ3v) is 10.0. The van der Waals surface area contributed by atoms with Crippen LogP contribution in [0.4, 0.5) is 0 Å². The summed E-state index contributed by atoms with van der Waals surface area (Å²) in [5.74, 6) is 0.692. The van der Waals surface area contributed by atoms with Crippen molar-refractivity contribution in [2.45, 2.75) is 19.3 Å². The lowest BCUT2D eigenvalue weighted by molar-refractivity contribution is 0.661. The molecule has 0 saturated heterocycles. The van der Waals surface area contributed by atoms with Crippen LogP contribution in [0, 0.1) is 0 Å². The molecule has 9 rings (SSSR count). The van der Waals surface area contributed by atoms with Gasteiger partial charge in [-0.1, -0.05) is 135 Å². The minimum atomic E-state index is -0.0604. The number of rotatable bonds is 5. The van der Waals surface area contributed by atoms with Crippen LogP contribution < -0.4 is 0 Å². The maximum absolute atomic E-state index is 5.15. The van der Waals surface area contributed by atoms with Gasteiger partial charge in [-0.25, -0.2) is 9.97 Å². The molecule has 6 aromatic carbocycles. The largest absolute Gasteiger partial charge is 0.265 e. The third kappa shape index (κ3) is 5.03. The molecule has 1 aliphatic rings. The van der Waals surface area contributed by atoms with Crippen LogP contribution in [0.25, 0.3) is 78.1 Å². The molecule has 0 saturated carbocycles. The van der Waals surface area contributed by atoms with E-state index in [0.29, 0.717) is 5.82 Å². The van der Waals surface area contributed by atoms with Crippen molar-refractivity contribution in [1.82, 2.24) is 15.0 Å². The molecule has 0 spiro atoms. The zero-order chi connectivity index (χ0) is 33.0. The first kappa shape index (κ1) is 29.0. The number of nitrogens with zero attached hydrogens (tertiary/aromatic N) is 3. The van der Waals surface area contributed by atoms with E-state index < -0.39 is 0 Å². The minimum Gasteiger partial charge on any atom is -0.265 e. The second kappa shape index (κ2) is 11.5. The van der Waals surface area contributed by atoms with Crippen LogP contribution in [0.2, 0.25) is 0 Å². The molecule has 2 heterocycles. The Morgan fingerprint density at radius 1 is 0.429 bits per heavy atom. The molecule has 2 aromatic heterocycles. The summed E-state index contributed by atoms with van der Waals surface area (Å²) in [5, 5.41) is 2.59. The van der Waals surface area contributed by atoms with Gasteiger partial charge in [-0.15, -0.1) is 0 Å². The Morgan fingerprint density at radius 3 is 1.86 bits per heavy atom. The van der Waals surface area contributed by atoms with Gasteiger partial charge >= 0.3 is 0 Å². The molecule has 8 aromatic rings. The van der Waals surface area contributed by atoms with Crippen molar-refractivity contribution < 1.29 is 0 Å². The quantitative estimate of drug-likeness (QED) is 0.191. The monoisotopic (exact) mass is 627 g/mol. The van der Waals surface area contributed by atoms with Crippen LogP contribution in [0.1, 0.15) is 25.0 Å². The van der Waals surface area contributed by atoms with Gasteiger partial charge in [0.1, 0.15) is 0 Å². The average Bonchev–Trinajstić information content (AvgIpc) is 3.41. The fraction of sp³-hybridized carbons (Fsp3) is 0.0652. The summed E-state index contributed by atoms with van der Waals surface area (Å²) >= 11 is 0. The third-order valence-electron chi connectivity index (χ3n) is 10.0. The summed E-state index contributed by atoms with van der Waals surface area (Å²) in [4.78, 5) is 14.4. The predicted octanol–water partition coefficient (Wildman–Crippen LogP) is 11.7. The molecule has 0 atom stereocenters. The van der Waals surface area contributed by atoms with Gasteiger partial charge in [-0.2, -0.15) is 0 Å². The Hall–Kier alpha value is -6.19. The molecule has 232 valence electrons. The summed E-state index contributed by atoms with van der Waals surface area (Å²) in [6.07, 6.45) is 3.62. The van der Waals surface area contributed by atoms with Crippen LogP contribution in [0.5, 0.6) is 0 Å². The van der Waals surface area contributed by atoms with Gasteiger partial charge in [-0.05, 0) is 85.6 Å². The Labute approximate surface area is 286 Å². The van der Waals surface area contributed by atoms with E-state index in [1.807, 2.05) is 30.6 Å². The summed E-state index contributed by atoms with van der Waals surface area (Å²) in [5.41, 5.74) is 14.8. The van der Waals surface area contributed by atoms with E-state index in [-0.39, 0.29) is 5.41 Å². The molecule has 0 unspecified atom stereocenters. The van der Waals surface area contributed by atoms with Crippen molar-refractivity contribution in [3.63, 3.8) is 0 Å². The second-order valence-electron chi connectivity index (χ2n) is 13.3. The van der Waals surface area contributed by atoms with Crippen molar-refractivity contribution in [3.8, 4) is 67.3 Å². The highest BCUT2D eigenvalue weighted by Gasteiger charge is 2.36. The lowest BCUT2D eigenvalue weighted by Gasteiger charge is -2.21. The normalized spacial score (nSPS) is 12.9. The highest BCUT2D eigenvalue weighted by atomic mass is 14.9. The topological polar surface area (TPSA) is 38.7 Å². The van der Waals surface area contributed by atoms with Crippen molar-refractivity contribution in [2.24, 2.45) is 0 Å². The Balaban J connectivity index is 1.15. The van der Waals surface area contributed by atoms with Crippen LogP contribution in [0.15, 0.2) is 164 Å². The van der Waals surface area contributed by atoms with Crippen LogP contribution in [0.3, 0.4) is 0 Å². The predicted molar refractivity (Wildman–Crippen MR) is 202 cm³/mol. The fourth-order valence-corrected chi connectivity index (χ4v) is 7.40. The first-order valence-corrected chi connectivity index (χ1v) is 16.8. The van der Waals surface area contributed by atoms with Gasteiger partial charge in [0.05, 0.1) is 11.4 Å². The molecule has 0 radical (unpaired) electrons. The molecule has 0 N–H and O–H groups in total. The smallest absolute Gasteiger partial charge is 0.160 e. The Bertz CT molecular complexity index is 2500. The SMILES string of the molecule is CC1(C)c2ccc(-c3cccc(-c4cc(-c5ccncc5)nc(-c5ccc(-c6ccccc6)cc5)n4)c3)cc2-c2c1ccc1ccccc21. The Kier molecular flexibility index (Phi) is 6.80. The van der Waals surface area contributed by atoms with Gasteiger partial charge in [0.15, 0.2) is 5.82 Å².